The van der Waals surface area contributed by atoms with Crippen LogP contribution in [-0.2, 0) is 0 Å². The molecule has 2 aromatic rings. The summed E-state index contributed by atoms with van der Waals surface area (Å²) in [6.45, 7) is 1.72. The molecule has 0 spiro atoms. The first-order valence-electron chi connectivity index (χ1n) is 4.59. The molecule has 2 rings (SSSR count). The van der Waals surface area contributed by atoms with Crippen LogP contribution in [0.1, 0.15) is 18.6 Å². The van der Waals surface area contributed by atoms with Crippen LogP contribution < -0.4 is 0 Å². The minimum absolute atomic E-state index is 0.476. The van der Waals surface area contributed by atoms with E-state index in [2.05, 4.69) is 0 Å². The summed E-state index contributed by atoms with van der Waals surface area (Å²) in [5.41, 5.74) is 1.84. The van der Waals surface area contributed by atoms with Crippen LogP contribution >= 0.6 is 0 Å². The van der Waals surface area contributed by atoms with E-state index in [-0.39, 0.29) is 0 Å². The van der Waals surface area contributed by atoms with Gasteiger partial charge in [0, 0.05) is 11.1 Å². The van der Waals surface area contributed by atoms with Crippen LogP contribution in [0.15, 0.2) is 47.1 Å². The zero-order valence-electron chi connectivity index (χ0n) is 7.97. The van der Waals surface area contributed by atoms with Gasteiger partial charge in [0.05, 0.1) is 12.4 Å². The first kappa shape index (κ1) is 9.03. The van der Waals surface area contributed by atoms with E-state index >= 15 is 0 Å². The molecule has 0 aliphatic heterocycles. The van der Waals surface area contributed by atoms with E-state index in [1.54, 1.807) is 13.2 Å². The van der Waals surface area contributed by atoms with Crippen molar-refractivity contribution in [2.75, 3.05) is 0 Å². The predicted octanol–water partition coefficient (Wildman–Crippen LogP) is 3.00. The van der Waals surface area contributed by atoms with Gasteiger partial charge in [-0.1, -0.05) is 30.3 Å². The summed E-state index contributed by atoms with van der Waals surface area (Å²) in [4.78, 5) is 0. The van der Waals surface area contributed by atoms with Gasteiger partial charge in [-0.05, 0) is 13.0 Å². The monoisotopic (exact) mass is 188 g/mol. The Balaban J connectivity index is 2.34. The lowest BCUT2D eigenvalue weighted by Gasteiger charge is -1.96. The number of benzene rings is 1. The standard InChI is InChI=1S/C12H12O2/c1-9(13)11-7-12(14-8-11)10-5-3-2-4-6-10/h2-9,13H,1H3. The summed E-state index contributed by atoms with van der Waals surface area (Å²) >= 11 is 0. The normalized spacial score (nSPS) is 12.7. The van der Waals surface area contributed by atoms with Crippen molar-refractivity contribution in [2.24, 2.45) is 0 Å². The molecule has 1 unspecified atom stereocenters. The number of aliphatic hydroxyl groups excluding tert-OH is 1. The number of rotatable bonds is 2. The van der Waals surface area contributed by atoms with Crippen molar-refractivity contribution in [1.82, 2.24) is 0 Å². The van der Waals surface area contributed by atoms with Gasteiger partial charge in [0.2, 0.25) is 0 Å². The van der Waals surface area contributed by atoms with Gasteiger partial charge < -0.3 is 9.52 Å². The van der Waals surface area contributed by atoms with Crippen LogP contribution in [0.3, 0.4) is 0 Å². The summed E-state index contributed by atoms with van der Waals surface area (Å²) in [7, 11) is 0. The van der Waals surface area contributed by atoms with Gasteiger partial charge in [-0.25, -0.2) is 0 Å². The van der Waals surface area contributed by atoms with Crippen LogP contribution in [0.2, 0.25) is 0 Å². The number of furan rings is 1. The fourth-order valence-electron chi connectivity index (χ4n) is 1.32. The summed E-state index contributed by atoms with van der Waals surface area (Å²) in [6.07, 6.45) is 1.11. The maximum Gasteiger partial charge on any atom is 0.134 e. The maximum absolute atomic E-state index is 9.32. The average Bonchev–Trinajstić information content (AvgIpc) is 2.68. The second-order valence-electron chi connectivity index (χ2n) is 3.29. The Morgan fingerprint density at radius 1 is 1.21 bits per heavy atom. The molecule has 0 aliphatic rings. The van der Waals surface area contributed by atoms with E-state index in [0.717, 1.165) is 16.9 Å². The smallest absolute Gasteiger partial charge is 0.134 e. The van der Waals surface area contributed by atoms with Crippen molar-refractivity contribution >= 4 is 0 Å². The first-order chi connectivity index (χ1) is 6.77. The van der Waals surface area contributed by atoms with E-state index in [9.17, 15) is 5.11 Å². The first-order valence-corrected chi connectivity index (χ1v) is 4.59. The van der Waals surface area contributed by atoms with Crippen LogP contribution in [0, 0.1) is 0 Å². The molecule has 0 fully saturated rings. The number of hydrogen-bond acceptors (Lipinski definition) is 2. The molecular formula is C12H12O2. The Morgan fingerprint density at radius 2 is 1.93 bits per heavy atom. The van der Waals surface area contributed by atoms with Crippen molar-refractivity contribution in [3.63, 3.8) is 0 Å². The van der Waals surface area contributed by atoms with Crippen molar-refractivity contribution in [2.45, 2.75) is 13.0 Å². The zero-order valence-corrected chi connectivity index (χ0v) is 7.97. The third-order valence-corrected chi connectivity index (χ3v) is 2.16. The molecule has 1 aromatic heterocycles. The van der Waals surface area contributed by atoms with E-state index < -0.39 is 6.10 Å². The lowest BCUT2D eigenvalue weighted by molar-refractivity contribution is 0.198. The Morgan fingerprint density at radius 3 is 2.50 bits per heavy atom. The molecule has 1 heterocycles. The van der Waals surface area contributed by atoms with Gasteiger partial charge in [-0.3, -0.25) is 0 Å². The Hall–Kier alpha value is -1.54. The highest BCUT2D eigenvalue weighted by atomic mass is 16.3. The molecule has 1 N–H and O–H groups in total. The fourth-order valence-corrected chi connectivity index (χ4v) is 1.32. The molecule has 0 saturated heterocycles. The SMILES string of the molecule is CC(O)c1coc(-c2ccccc2)c1. The summed E-state index contributed by atoms with van der Waals surface area (Å²) in [6, 6.07) is 11.7. The van der Waals surface area contributed by atoms with Crippen molar-refractivity contribution < 1.29 is 9.52 Å². The van der Waals surface area contributed by atoms with Crippen molar-refractivity contribution in [3.05, 3.63) is 48.2 Å². The predicted molar refractivity (Wildman–Crippen MR) is 54.8 cm³/mol. The molecule has 0 radical (unpaired) electrons. The van der Waals surface area contributed by atoms with Gasteiger partial charge in [0.15, 0.2) is 0 Å². The molecule has 14 heavy (non-hydrogen) atoms. The molecule has 72 valence electrons. The second-order valence-corrected chi connectivity index (χ2v) is 3.29. The summed E-state index contributed by atoms with van der Waals surface area (Å²) < 4.78 is 5.35. The zero-order chi connectivity index (χ0) is 9.97. The Labute approximate surface area is 82.8 Å². The lowest BCUT2D eigenvalue weighted by atomic mass is 10.1. The van der Waals surface area contributed by atoms with Crippen LogP contribution in [0.25, 0.3) is 11.3 Å². The molecule has 0 amide bonds. The molecule has 2 heteroatoms. The molecule has 1 aromatic carbocycles. The minimum Gasteiger partial charge on any atom is -0.464 e. The third-order valence-electron chi connectivity index (χ3n) is 2.16. The second kappa shape index (κ2) is 3.68. The highest BCUT2D eigenvalue weighted by molar-refractivity contribution is 5.57. The van der Waals surface area contributed by atoms with Crippen molar-refractivity contribution in [3.8, 4) is 11.3 Å². The molecule has 0 bridgehead atoms. The van der Waals surface area contributed by atoms with E-state index in [1.807, 2.05) is 36.4 Å². The summed E-state index contributed by atoms with van der Waals surface area (Å²) in [5.74, 6) is 0.793. The van der Waals surface area contributed by atoms with E-state index in [1.165, 1.54) is 0 Å². The fraction of sp³-hybridized carbons (Fsp3) is 0.167. The Kier molecular flexibility index (Phi) is 2.37. The quantitative estimate of drug-likeness (QED) is 0.785. The average molecular weight is 188 g/mol. The topological polar surface area (TPSA) is 33.4 Å². The summed E-state index contributed by atoms with van der Waals surface area (Å²) in [5, 5.41) is 9.32. The molecule has 0 aliphatic carbocycles. The highest BCUT2D eigenvalue weighted by Crippen LogP contribution is 2.24. The Bertz CT molecular complexity index is 401. The van der Waals surface area contributed by atoms with Gasteiger partial charge in [-0.15, -0.1) is 0 Å². The highest BCUT2D eigenvalue weighted by Gasteiger charge is 2.07. The van der Waals surface area contributed by atoms with Gasteiger partial charge >= 0.3 is 0 Å². The van der Waals surface area contributed by atoms with Gasteiger partial charge in [0.25, 0.3) is 0 Å². The minimum atomic E-state index is -0.476. The van der Waals surface area contributed by atoms with Gasteiger partial charge in [-0.2, -0.15) is 0 Å². The van der Waals surface area contributed by atoms with Gasteiger partial charge in [0.1, 0.15) is 5.76 Å². The third kappa shape index (κ3) is 1.70. The maximum atomic E-state index is 9.32. The molecular weight excluding hydrogens is 176 g/mol. The molecule has 0 saturated carbocycles. The van der Waals surface area contributed by atoms with Crippen molar-refractivity contribution in [1.29, 1.82) is 0 Å². The van der Waals surface area contributed by atoms with E-state index in [0.29, 0.717) is 0 Å². The number of aliphatic hydroxyl groups is 1. The van der Waals surface area contributed by atoms with Crippen LogP contribution in [0.4, 0.5) is 0 Å². The molecule has 1 atom stereocenters. The van der Waals surface area contributed by atoms with E-state index in [4.69, 9.17) is 4.42 Å². The lowest BCUT2D eigenvalue weighted by Crippen LogP contribution is -1.85. The largest absolute Gasteiger partial charge is 0.464 e. The van der Waals surface area contributed by atoms with Crippen LogP contribution in [-0.4, -0.2) is 5.11 Å². The molecule has 2 nitrogen and oxygen atoms in total. The number of hydrogen-bond donors (Lipinski definition) is 1. The van der Waals surface area contributed by atoms with Crippen LogP contribution in [0.5, 0.6) is 0 Å².